The van der Waals surface area contributed by atoms with E-state index in [0.29, 0.717) is 18.7 Å². The quantitative estimate of drug-likeness (QED) is 0.365. The average molecular weight is 436 g/mol. The molecule has 4 nitrogen and oxygen atoms in total. The number of fused-ring (bicyclic) bond motifs is 1. The summed E-state index contributed by atoms with van der Waals surface area (Å²) in [5.41, 5.74) is 5.30. The van der Waals surface area contributed by atoms with Crippen LogP contribution in [0, 0.1) is 5.82 Å². The fraction of sp³-hybridized carbons (Fsp3) is 0.0714. The molecule has 0 atom stereocenters. The van der Waals surface area contributed by atoms with Gasteiger partial charge in [-0.3, -0.25) is 4.79 Å². The zero-order valence-electron chi connectivity index (χ0n) is 17.9. The molecule has 5 aromatic rings. The number of amides is 1. The Hall–Kier alpha value is -4.25. The molecule has 1 aromatic heterocycles. The molecule has 0 radical (unpaired) electrons. The van der Waals surface area contributed by atoms with Crippen LogP contribution in [0.2, 0.25) is 0 Å². The highest BCUT2D eigenvalue weighted by molar-refractivity contribution is 5.98. The van der Waals surface area contributed by atoms with E-state index in [9.17, 15) is 9.18 Å². The summed E-state index contributed by atoms with van der Waals surface area (Å²) in [5, 5.41) is 2.92. The third-order valence-electron chi connectivity index (χ3n) is 5.59. The maximum absolute atomic E-state index is 13.1. The van der Waals surface area contributed by atoms with E-state index < -0.39 is 0 Å². The Morgan fingerprint density at radius 1 is 0.818 bits per heavy atom. The van der Waals surface area contributed by atoms with Gasteiger partial charge in [-0.2, -0.15) is 0 Å². The van der Waals surface area contributed by atoms with Crippen molar-refractivity contribution < 1.29 is 9.18 Å². The Morgan fingerprint density at radius 3 is 2.24 bits per heavy atom. The van der Waals surface area contributed by atoms with Crippen molar-refractivity contribution in [2.24, 2.45) is 0 Å². The van der Waals surface area contributed by atoms with Crippen LogP contribution in [0.15, 0.2) is 103 Å². The van der Waals surface area contributed by atoms with Gasteiger partial charge in [0.2, 0.25) is 0 Å². The molecule has 33 heavy (non-hydrogen) atoms. The second kappa shape index (κ2) is 9.09. The van der Waals surface area contributed by atoms with Crippen LogP contribution in [-0.4, -0.2) is 15.5 Å². The number of hydrogen-bond acceptors (Lipinski definition) is 2. The van der Waals surface area contributed by atoms with Gasteiger partial charge in [-0.05, 0) is 41.5 Å². The van der Waals surface area contributed by atoms with Crippen molar-refractivity contribution in [2.45, 2.75) is 13.1 Å². The molecular weight excluding hydrogens is 413 g/mol. The molecule has 162 valence electrons. The summed E-state index contributed by atoms with van der Waals surface area (Å²) < 4.78 is 15.3. The van der Waals surface area contributed by atoms with Crippen LogP contribution in [0.5, 0.6) is 0 Å². The molecule has 0 saturated heterocycles. The van der Waals surface area contributed by atoms with Crippen LogP contribution in [-0.2, 0) is 13.1 Å². The summed E-state index contributed by atoms with van der Waals surface area (Å²) in [6.45, 7) is 0.970. The molecule has 0 spiro atoms. The van der Waals surface area contributed by atoms with Crippen molar-refractivity contribution in [1.82, 2.24) is 14.9 Å². The van der Waals surface area contributed by atoms with E-state index in [2.05, 4.69) is 22.0 Å². The Kier molecular flexibility index (Phi) is 5.68. The largest absolute Gasteiger partial charge is 0.348 e. The van der Waals surface area contributed by atoms with E-state index in [1.807, 2.05) is 60.7 Å². The van der Waals surface area contributed by atoms with Gasteiger partial charge in [-0.25, -0.2) is 9.37 Å². The molecule has 0 aliphatic carbocycles. The van der Waals surface area contributed by atoms with Crippen LogP contribution >= 0.6 is 0 Å². The molecule has 0 unspecified atom stereocenters. The summed E-state index contributed by atoms with van der Waals surface area (Å²) in [5.74, 6) is 0.379. The van der Waals surface area contributed by atoms with Crippen molar-refractivity contribution in [3.8, 4) is 11.4 Å². The first kappa shape index (κ1) is 20.6. The van der Waals surface area contributed by atoms with Gasteiger partial charge < -0.3 is 9.88 Å². The van der Waals surface area contributed by atoms with Crippen molar-refractivity contribution in [2.75, 3.05) is 0 Å². The van der Waals surface area contributed by atoms with E-state index in [4.69, 9.17) is 4.98 Å². The lowest BCUT2D eigenvalue weighted by molar-refractivity contribution is 0.0951. The van der Waals surface area contributed by atoms with Gasteiger partial charge >= 0.3 is 0 Å². The minimum absolute atomic E-state index is 0.185. The lowest BCUT2D eigenvalue weighted by Gasteiger charge is -2.11. The van der Waals surface area contributed by atoms with Gasteiger partial charge in [0.1, 0.15) is 11.6 Å². The van der Waals surface area contributed by atoms with Gasteiger partial charge in [-0.15, -0.1) is 0 Å². The summed E-state index contributed by atoms with van der Waals surface area (Å²) >= 11 is 0. The molecule has 0 aliphatic rings. The first-order chi connectivity index (χ1) is 16.2. The summed E-state index contributed by atoms with van der Waals surface area (Å²) in [7, 11) is 0. The van der Waals surface area contributed by atoms with Crippen molar-refractivity contribution in [3.05, 3.63) is 126 Å². The second-order valence-electron chi connectivity index (χ2n) is 7.89. The van der Waals surface area contributed by atoms with Crippen LogP contribution in [0.4, 0.5) is 4.39 Å². The summed E-state index contributed by atoms with van der Waals surface area (Å²) in [6.07, 6.45) is 0. The number of imidazole rings is 1. The van der Waals surface area contributed by atoms with Gasteiger partial charge in [0.25, 0.3) is 5.91 Å². The van der Waals surface area contributed by atoms with Gasteiger partial charge in [0, 0.05) is 24.2 Å². The number of halogens is 1. The number of benzene rings is 4. The molecule has 1 amide bonds. The van der Waals surface area contributed by atoms with Crippen molar-refractivity contribution in [1.29, 1.82) is 0 Å². The fourth-order valence-corrected chi connectivity index (χ4v) is 3.88. The van der Waals surface area contributed by atoms with Crippen LogP contribution in [0.1, 0.15) is 21.5 Å². The maximum atomic E-state index is 13.1. The first-order valence-corrected chi connectivity index (χ1v) is 10.8. The highest BCUT2D eigenvalue weighted by atomic mass is 19.1. The molecule has 0 bridgehead atoms. The summed E-state index contributed by atoms with van der Waals surface area (Å²) in [6, 6.07) is 31.9. The normalized spacial score (nSPS) is 10.9. The van der Waals surface area contributed by atoms with Crippen molar-refractivity contribution >= 4 is 16.9 Å². The predicted molar refractivity (Wildman–Crippen MR) is 128 cm³/mol. The lowest BCUT2D eigenvalue weighted by atomic mass is 10.1. The Bertz CT molecular complexity index is 1390. The first-order valence-electron chi connectivity index (χ1n) is 10.8. The smallest absolute Gasteiger partial charge is 0.251 e. The van der Waals surface area contributed by atoms with Gasteiger partial charge in [0.05, 0.1) is 11.0 Å². The number of aromatic nitrogens is 2. The Balaban J connectivity index is 1.50. The fourth-order valence-electron chi connectivity index (χ4n) is 3.88. The monoisotopic (exact) mass is 435 g/mol. The molecule has 1 heterocycles. The number of carbonyl (C=O) groups excluding carboxylic acids is 1. The molecular formula is C28H22FN3O. The number of hydrogen-bond donors (Lipinski definition) is 1. The third-order valence-corrected chi connectivity index (χ3v) is 5.59. The highest BCUT2D eigenvalue weighted by Crippen LogP contribution is 2.27. The van der Waals surface area contributed by atoms with E-state index in [1.165, 1.54) is 12.1 Å². The molecule has 5 heteroatoms. The Labute approximate surface area is 191 Å². The minimum Gasteiger partial charge on any atom is -0.348 e. The average Bonchev–Trinajstić information content (AvgIpc) is 3.22. The van der Waals surface area contributed by atoms with E-state index in [-0.39, 0.29) is 11.7 Å². The van der Waals surface area contributed by atoms with E-state index in [1.54, 1.807) is 18.2 Å². The minimum atomic E-state index is -0.295. The Morgan fingerprint density at radius 2 is 1.52 bits per heavy atom. The van der Waals surface area contributed by atoms with Gasteiger partial charge in [-0.1, -0.05) is 72.8 Å². The predicted octanol–water partition coefficient (Wildman–Crippen LogP) is 5.82. The standard InChI is InChI=1S/C28H22FN3O/c29-24-14-11-20(12-15-24)18-30-28(33)23-13-16-25-26(17-23)32(19-21-7-3-1-4-8-21)27(31-25)22-9-5-2-6-10-22/h1-17H,18-19H2,(H,30,33). The van der Waals surface area contributed by atoms with Crippen molar-refractivity contribution in [3.63, 3.8) is 0 Å². The summed E-state index contributed by atoms with van der Waals surface area (Å²) in [4.78, 5) is 17.7. The zero-order chi connectivity index (χ0) is 22.6. The number of nitrogens with one attached hydrogen (secondary N) is 1. The number of nitrogens with zero attached hydrogens (tertiary/aromatic N) is 2. The second-order valence-corrected chi connectivity index (χ2v) is 7.89. The third kappa shape index (κ3) is 4.53. The SMILES string of the molecule is O=C(NCc1ccc(F)cc1)c1ccc2nc(-c3ccccc3)n(Cc3ccccc3)c2c1. The molecule has 4 aromatic carbocycles. The highest BCUT2D eigenvalue weighted by Gasteiger charge is 2.15. The molecule has 1 N–H and O–H groups in total. The lowest BCUT2D eigenvalue weighted by Crippen LogP contribution is -2.22. The van der Waals surface area contributed by atoms with Crippen LogP contribution in [0.3, 0.4) is 0 Å². The van der Waals surface area contributed by atoms with Crippen LogP contribution < -0.4 is 5.32 Å². The number of rotatable bonds is 6. The van der Waals surface area contributed by atoms with Gasteiger partial charge in [0.15, 0.2) is 0 Å². The number of carbonyl (C=O) groups is 1. The molecule has 0 fully saturated rings. The molecule has 5 rings (SSSR count). The van der Waals surface area contributed by atoms with Crippen LogP contribution in [0.25, 0.3) is 22.4 Å². The maximum Gasteiger partial charge on any atom is 0.251 e. The van der Waals surface area contributed by atoms with E-state index >= 15 is 0 Å². The molecule has 0 aliphatic heterocycles. The van der Waals surface area contributed by atoms with E-state index in [0.717, 1.165) is 33.5 Å². The topological polar surface area (TPSA) is 46.9 Å². The zero-order valence-corrected chi connectivity index (χ0v) is 17.9. The molecule has 0 saturated carbocycles.